The van der Waals surface area contributed by atoms with Crippen molar-refractivity contribution >= 4 is 39.1 Å². The van der Waals surface area contributed by atoms with Gasteiger partial charge in [0.25, 0.3) is 0 Å². The summed E-state index contributed by atoms with van der Waals surface area (Å²) < 4.78 is 45.6. The van der Waals surface area contributed by atoms with E-state index < -0.39 is 34.3 Å². The summed E-state index contributed by atoms with van der Waals surface area (Å²) in [5.41, 5.74) is 1.52. The quantitative estimate of drug-likeness (QED) is 0.337. The van der Waals surface area contributed by atoms with Crippen molar-refractivity contribution in [1.29, 1.82) is 0 Å². The summed E-state index contributed by atoms with van der Waals surface area (Å²) in [6.07, 6.45) is 1.13. The molecule has 214 valence electrons. The van der Waals surface area contributed by atoms with Crippen LogP contribution in [-0.4, -0.2) is 57.1 Å². The van der Waals surface area contributed by atoms with E-state index in [1.165, 1.54) is 18.1 Å². The Balaban J connectivity index is 2.08. The van der Waals surface area contributed by atoms with Gasteiger partial charge in [-0.15, -0.1) is 0 Å². The first-order valence-electron chi connectivity index (χ1n) is 12.6. The molecule has 2 amide bonds. The zero-order valence-corrected chi connectivity index (χ0v) is 24.4. The van der Waals surface area contributed by atoms with Crippen molar-refractivity contribution in [3.8, 4) is 5.75 Å². The van der Waals surface area contributed by atoms with E-state index in [1.54, 1.807) is 24.3 Å². The van der Waals surface area contributed by atoms with Crippen molar-refractivity contribution in [2.24, 2.45) is 0 Å². The average Bonchev–Trinajstić information content (AvgIpc) is 2.90. The smallest absolute Gasteiger partial charge is 0.244 e. The highest BCUT2D eigenvalue weighted by molar-refractivity contribution is 7.92. The normalized spacial score (nSPS) is 12.1. The second-order valence-electron chi connectivity index (χ2n) is 9.61. The van der Waals surface area contributed by atoms with Crippen LogP contribution in [0.2, 0.25) is 5.02 Å². The van der Waals surface area contributed by atoms with Crippen molar-refractivity contribution in [2.45, 2.75) is 38.9 Å². The summed E-state index contributed by atoms with van der Waals surface area (Å²) in [6.45, 7) is 3.00. The molecule has 8 nitrogen and oxygen atoms in total. The number of ether oxygens (including phenoxy) is 1. The number of rotatable bonds is 12. The predicted molar refractivity (Wildman–Crippen MR) is 154 cm³/mol. The Bertz CT molecular complexity index is 1440. The van der Waals surface area contributed by atoms with E-state index in [2.05, 4.69) is 5.32 Å². The SMILES string of the molecule is COc1cccc(CN(C(=O)CN(c2ccc(F)c(Cl)c2)S(C)(=O)=O)[C@@H](Cc2ccccc2)C(=O)NC(C)C)c1. The highest BCUT2D eigenvalue weighted by Crippen LogP contribution is 2.25. The molecule has 0 bridgehead atoms. The molecule has 3 aromatic carbocycles. The highest BCUT2D eigenvalue weighted by Gasteiger charge is 2.33. The summed E-state index contributed by atoms with van der Waals surface area (Å²) in [7, 11) is -2.48. The maximum absolute atomic E-state index is 14.0. The molecule has 11 heteroatoms. The molecular weight excluding hydrogens is 557 g/mol. The zero-order chi connectivity index (χ0) is 29.4. The first-order valence-corrected chi connectivity index (χ1v) is 14.8. The van der Waals surface area contributed by atoms with Crippen molar-refractivity contribution < 1.29 is 27.1 Å². The molecule has 0 aromatic heterocycles. The van der Waals surface area contributed by atoms with Crippen LogP contribution in [0.25, 0.3) is 0 Å². The zero-order valence-electron chi connectivity index (χ0n) is 22.8. The molecule has 0 spiro atoms. The molecule has 0 aliphatic heterocycles. The minimum atomic E-state index is -4.00. The summed E-state index contributed by atoms with van der Waals surface area (Å²) in [5.74, 6) is -1.17. The fraction of sp³-hybridized carbons (Fsp3) is 0.310. The lowest BCUT2D eigenvalue weighted by Gasteiger charge is -2.34. The van der Waals surface area contributed by atoms with Crippen molar-refractivity contribution in [2.75, 3.05) is 24.2 Å². The maximum atomic E-state index is 14.0. The lowest BCUT2D eigenvalue weighted by Crippen LogP contribution is -2.54. The molecule has 3 aromatic rings. The number of carbonyl (C=O) groups is 2. The number of hydrogen-bond acceptors (Lipinski definition) is 5. The van der Waals surface area contributed by atoms with Crippen LogP contribution in [0.4, 0.5) is 10.1 Å². The number of nitrogens with zero attached hydrogens (tertiary/aromatic N) is 2. The fourth-order valence-corrected chi connectivity index (χ4v) is 5.17. The van der Waals surface area contributed by atoms with E-state index in [4.69, 9.17) is 16.3 Å². The monoisotopic (exact) mass is 589 g/mol. The van der Waals surface area contributed by atoms with E-state index in [9.17, 15) is 22.4 Å². The van der Waals surface area contributed by atoms with Gasteiger partial charge in [-0.2, -0.15) is 0 Å². The number of benzene rings is 3. The van der Waals surface area contributed by atoms with Gasteiger partial charge in [-0.1, -0.05) is 54.1 Å². The molecule has 0 saturated heterocycles. The van der Waals surface area contributed by atoms with E-state index in [0.717, 1.165) is 28.3 Å². The Kier molecular flexibility index (Phi) is 10.5. The van der Waals surface area contributed by atoms with Gasteiger partial charge in [0.15, 0.2) is 0 Å². The minimum absolute atomic E-state index is 0.000818. The van der Waals surface area contributed by atoms with Gasteiger partial charge in [0.05, 0.1) is 24.1 Å². The summed E-state index contributed by atoms with van der Waals surface area (Å²) >= 11 is 5.92. The van der Waals surface area contributed by atoms with E-state index in [-0.39, 0.29) is 35.6 Å². The lowest BCUT2D eigenvalue weighted by molar-refractivity contribution is -0.140. The van der Waals surface area contributed by atoms with E-state index in [1.807, 2.05) is 44.2 Å². The number of anilines is 1. The molecule has 0 aliphatic rings. The molecule has 40 heavy (non-hydrogen) atoms. The Hall–Kier alpha value is -3.63. The molecule has 0 fully saturated rings. The number of sulfonamides is 1. The van der Waals surface area contributed by atoms with Gasteiger partial charge in [-0.25, -0.2) is 12.8 Å². The molecule has 1 N–H and O–H groups in total. The van der Waals surface area contributed by atoms with Crippen LogP contribution in [-0.2, 0) is 32.6 Å². The Labute approximate surface area is 239 Å². The molecule has 3 rings (SSSR count). The van der Waals surface area contributed by atoms with E-state index >= 15 is 0 Å². The molecule has 0 heterocycles. The van der Waals surface area contributed by atoms with Gasteiger partial charge < -0.3 is 15.0 Å². The largest absolute Gasteiger partial charge is 0.497 e. The van der Waals surface area contributed by atoms with E-state index in [0.29, 0.717) is 11.3 Å². The molecule has 1 atom stereocenters. The number of halogens is 2. The second-order valence-corrected chi connectivity index (χ2v) is 11.9. The highest BCUT2D eigenvalue weighted by atomic mass is 35.5. The first kappa shape index (κ1) is 30.9. The molecular formula is C29H33ClFN3O5S. The molecule has 0 radical (unpaired) electrons. The standard InChI is InChI=1S/C29H33ClFN3O5S/c1-20(2)32-29(36)27(16-21-9-6-5-7-10-21)33(18-22-11-8-12-24(15-22)39-3)28(35)19-34(40(4,37)38)23-13-14-26(31)25(30)17-23/h5-15,17,20,27H,16,18-19H2,1-4H3,(H,32,36)/t27-/m0/s1. The van der Waals surface area contributed by atoms with Crippen LogP contribution in [0.1, 0.15) is 25.0 Å². The Morgan fingerprint density at radius 3 is 2.27 bits per heavy atom. The van der Waals surface area contributed by atoms with Gasteiger partial charge in [-0.05, 0) is 55.3 Å². The number of amides is 2. The molecule has 0 saturated carbocycles. The Morgan fingerprint density at radius 1 is 1.00 bits per heavy atom. The summed E-state index contributed by atoms with van der Waals surface area (Å²) in [5, 5.41) is 2.60. The van der Waals surface area contributed by atoms with Crippen molar-refractivity contribution in [1.82, 2.24) is 10.2 Å². The van der Waals surface area contributed by atoms with Gasteiger partial charge in [0, 0.05) is 19.0 Å². The summed E-state index contributed by atoms with van der Waals surface area (Å²) in [4.78, 5) is 28.9. The third-order valence-corrected chi connectivity index (χ3v) is 7.49. The molecule has 0 aliphatic carbocycles. The number of methoxy groups -OCH3 is 1. The second kappa shape index (κ2) is 13.6. The number of hydrogen-bond donors (Lipinski definition) is 1. The van der Waals surface area contributed by atoms with Gasteiger partial charge >= 0.3 is 0 Å². The van der Waals surface area contributed by atoms with Crippen LogP contribution in [0.5, 0.6) is 5.75 Å². The Morgan fingerprint density at radius 2 is 1.68 bits per heavy atom. The van der Waals surface area contributed by atoms with Gasteiger partial charge in [-0.3, -0.25) is 13.9 Å². The topological polar surface area (TPSA) is 96.0 Å². The van der Waals surface area contributed by atoms with Crippen LogP contribution >= 0.6 is 11.6 Å². The average molecular weight is 590 g/mol. The fourth-order valence-electron chi connectivity index (χ4n) is 4.16. The predicted octanol–water partition coefficient (Wildman–Crippen LogP) is 4.42. The van der Waals surface area contributed by atoms with Gasteiger partial charge in [0.1, 0.15) is 24.2 Å². The number of nitrogens with one attached hydrogen (secondary N) is 1. The van der Waals surface area contributed by atoms with Crippen LogP contribution in [0, 0.1) is 5.82 Å². The lowest BCUT2D eigenvalue weighted by atomic mass is 10.0. The van der Waals surface area contributed by atoms with Crippen LogP contribution in [0.15, 0.2) is 72.8 Å². The summed E-state index contributed by atoms with van der Waals surface area (Å²) in [6, 6.07) is 18.5. The van der Waals surface area contributed by atoms with Crippen LogP contribution in [0.3, 0.4) is 0 Å². The van der Waals surface area contributed by atoms with Gasteiger partial charge in [0.2, 0.25) is 21.8 Å². The minimum Gasteiger partial charge on any atom is -0.497 e. The van der Waals surface area contributed by atoms with Crippen molar-refractivity contribution in [3.05, 3.63) is 94.8 Å². The maximum Gasteiger partial charge on any atom is 0.244 e. The molecule has 0 unspecified atom stereocenters. The first-order chi connectivity index (χ1) is 18.9. The third kappa shape index (κ3) is 8.43. The number of carbonyl (C=O) groups excluding carboxylic acids is 2. The van der Waals surface area contributed by atoms with Crippen LogP contribution < -0.4 is 14.4 Å². The van der Waals surface area contributed by atoms with Crippen molar-refractivity contribution in [3.63, 3.8) is 0 Å². The third-order valence-electron chi connectivity index (χ3n) is 6.06.